The Labute approximate surface area is 91.0 Å². The van der Waals surface area contributed by atoms with Gasteiger partial charge in [-0.25, -0.2) is 0 Å². The van der Waals surface area contributed by atoms with Crippen molar-refractivity contribution in [2.75, 3.05) is 19.6 Å². The van der Waals surface area contributed by atoms with Crippen LogP contribution in [0.15, 0.2) is 0 Å². The fourth-order valence-electron chi connectivity index (χ4n) is 2.77. The summed E-state index contributed by atoms with van der Waals surface area (Å²) in [5.41, 5.74) is 0.792. The topological polar surface area (TPSA) is 41.1 Å². The molecule has 1 amide bonds. The van der Waals surface area contributed by atoms with E-state index in [2.05, 4.69) is 17.6 Å². The van der Waals surface area contributed by atoms with Gasteiger partial charge >= 0.3 is 0 Å². The third kappa shape index (κ3) is 1.67. The molecule has 15 heavy (non-hydrogen) atoms. The average Bonchev–Trinajstić information content (AvgIpc) is 3.03. The van der Waals surface area contributed by atoms with Gasteiger partial charge in [0.25, 0.3) is 0 Å². The molecule has 3 rings (SSSR count). The van der Waals surface area contributed by atoms with Gasteiger partial charge in [-0.1, -0.05) is 6.92 Å². The van der Waals surface area contributed by atoms with Crippen molar-refractivity contribution in [3.63, 3.8) is 0 Å². The summed E-state index contributed by atoms with van der Waals surface area (Å²) < 4.78 is 0. The van der Waals surface area contributed by atoms with E-state index in [-0.39, 0.29) is 0 Å². The molecule has 1 saturated heterocycles. The van der Waals surface area contributed by atoms with Crippen molar-refractivity contribution in [2.24, 2.45) is 16.7 Å². The third-order valence-electron chi connectivity index (χ3n) is 4.58. The van der Waals surface area contributed by atoms with E-state index in [9.17, 15) is 4.79 Å². The Balaban J connectivity index is 1.49. The van der Waals surface area contributed by atoms with Crippen LogP contribution in [-0.4, -0.2) is 25.5 Å². The summed E-state index contributed by atoms with van der Waals surface area (Å²) in [4.78, 5) is 11.9. The van der Waals surface area contributed by atoms with Gasteiger partial charge in [0.15, 0.2) is 0 Å². The van der Waals surface area contributed by atoms with E-state index in [1.807, 2.05) is 0 Å². The summed E-state index contributed by atoms with van der Waals surface area (Å²) in [7, 11) is 0. The second-order valence-electron chi connectivity index (χ2n) is 6.07. The van der Waals surface area contributed by atoms with Gasteiger partial charge in [0.2, 0.25) is 5.91 Å². The molecule has 3 fully saturated rings. The molecule has 1 heterocycles. The van der Waals surface area contributed by atoms with E-state index in [1.165, 1.54) is 19.3 Å². The molecule has 3 heteroatoms. The van der Waals surface area contributed by atoms with Gasteiger partial charge in [0.1, 0.15) is 0 Å². The molecule has 3 nitrogen and oxygen atoms in total. The number of nitrogens with one attached hydrogen (secondary N) is 2. The molecule has 84 valence electrons. The molecule has 1 aliphatic heterocycles. The van der Waals surface area contributed by atoms with Gasteiger partial charge in [0.05, 0.1) is 0 Å². The molecule has 0 aromatic rings. The number of hydrogen-bond acceptors (Lipinski definition) is 2. The van der Waals surface area contributed by atoms with Gasteiger partial charge in [0, 0.05) is 19.0 Å². The molecule has 0 bridgehead atoms. The fraction of sp³-hybridized carbons (Fsp3) is 0.917. The Morgan fingerprint density at radius 3 is 2.87 bits per heavy atom. The summed E-state index contributed by atoms with van der Waals surface area (Å²) in [6, 6.07) is 0. The van der Waals surface area contributed by atoms with Crippen LogP contribution in [0.1, 0.15) is 32.6 Å². The second-order valence-corrected chi connectivity index (χ2v) is 6.07. The first kappa shape index (κ1) is 9.64. The van der Waals surface area contributed by atoms with Gasteiger partial charge in [-0.15, -0.1) is 0 Å². The first-order valence-corrected chi connectivity index (χ1v) is 6.12. The van der Waals surface area contributed by atoms with Crippen molar-refractivity contribution in [1.82, 2.24) is 10.6 Å². The van der Waals surface area contributed by atoms with Gasteiger partial charge in [-0.05, 0) is 43.1 Å². The normalized spacial score (nSPS) is 40.5. The Morgan fingerprint density at radius 2 is 2.27 bits per heavy atom. The predicted molar refractivity (Wildman–Crippen MR) is 58.4 cm³/mol. The highest BCUT2D eigenvalue weighted by molar-refractivity contribution is 5.82. The molecular formula is C12H20N2O. The lowest BCUT2D eigenvalue weighted by Crippen LogP contribution is -2.32. The molecule has 2 atom stereocenters. The zero-order valence-electron chi connectivity index (χ0n) is 9.44. The molecular weight excluding hydrogens is 188 g/mol. The van der Waals surface area contributed by atoms with E-state index in [0.29, 0.717) is 22.7 Å². The van der Waals surface area contributed by atoms with Crippen LogP contribution in [0, 0.1) is 16.7 Å². The fourth-order valence-corrected chi connectivity index (χ4v) is 2.77. The smallest absolute Gasteiger partial charge is 0.223 e. The van der Waals surface area contributed by atoms with Crippen molar-refractivity contribution < 1.29 is 4.79 Å². The number of rotatable bonds is 3. The van der Waals surface area contributed by atoms with Crippen LogP contribution < -0.4 is 10.6 Å². The maximum Gasteiger partial charge on any atom is 0.223 e. The molecule has 2 aliphatic carbocycles. The van der Waals surface area contributed by atoms with Crippen molar-refractivity contribution in [1.29, 1.82) is 0 Å². The van der Waals surface area contributed by atoms with Crippen LogP contribution in [0.4, 0.5) is 0 Å². The minimum atomic E-state index is 0.312. The molecule has 0 radical (unpaired) electrons. The standard InChI is InChI=1S/C12H20N2O/c1-11(2-3-11)7-14-10(15)9-6-12(9)4-5-13-8-12/h9,13H,2-8H2,1H3,(H,14,15). The summed E-state index contributed by atoms with van der Waals surface area (Å²) in [5.74, 6) is 0.627. The minimum Gasteiger partial charge on any atom is -0.355 e. The van der Waals surface area contributed by atoms with Gasteiger partial charge in [-0.3, -0.25) is 4.79 Å². The van der Waals surface area contributed by atoms with E-state index in [1.54, 1.807) is 0 Å². The van der Waals surface area contributed by atoms with Crippen molar-refractivity contribution in [3.8, 4) is 0 Å². The Morgan fingerprint density at radius 1 is 1.47 bits per heavy atom. The monoisotopic (exact) mass is 208 g/mol. The Hall–Kier alpha value is -0.570. The van der Waals surface area contributed by atoms with E-state index >= 15 is 0 Å². The predicted octanol–water partition coefficient (Wildman–Crippen LogP) is 0.902. The molecule has 3 aliphatic rings. The number of carbonyl (C=O) groups is 1. The summed E-state index contributed by atoms with van der Waals surface area (Å²) in [5, 5.41) is 6.50. The zero-order valence-corrected chi connectivity index (χ0v) is 9.44. The lowest BCUT2D eigenvalue weighted by atomic mass is 10.0. The molecule has 0 aromatic heterocycles. The summed E-state index contributed by atoms with van der Waals surface area (Å²) in [6.45, 7) is 5.31. The van der Waals surface area contributed by atoms with Crippen molar-refractivity contribution in [2.45, 2.75) is 32.6 Å². The van der Waals surface area contributed by atoms with E-state index < -0.39 is 0 Å². The molecule has 2 saturated carbocycles. The lowest BCUT2D eigenvalue weighted by molar-refractivity contribution is -0.123. The summed E-state index contributed by atoms with van der Waals surface area (Å²) in [6.07, 6.45) is 4.88. The Bertz CT molecular complexity index is 290. The number of hydrogen-bond donors (Lipinski definition) is 2. The van der Waals surface area contributed by atoms with Crippen LogP contribution in [0.3, 0.4) is 0 Å². The van der Waals surface area contributed by atoms with Gasteiger partial charge in [-0.2, -0.15) is 0 Å². The van der Waals surface area contributed by atoms with Crippen LogP contribution in [-0.2, 0) is 4.79 Å². The highest BCUT2D eigenvalue weighted by atomic mass is 16.2. The Kier molecular flexibility index (Phi) is 1.91. The quantitative estimate of drug-likeness (QED) is 0.723. The highest BCUT2D eigenvalue weighted by Crippen LogP contribution is 2.56. The maximum atomic E-state index is 11.9. The van der Waals surface area contributed by atoms with E-state index in [0.717, 1.165) is 26.1 Å². The van der Waals surface area contributed by atoms with Gasteiger partial charge < -0.3 is 10.6 Å². The zero-order chi connectivity index (χ0) is 10.5. The highest BCUT2D eigenvalue weighted by Gasteiger charge is 2.59. The van der Waals surface area contributed by atoms with Crippen molar-refractivity contribution in [3.05, 3.63) is 0 Å². The first-order chi connectivity index (χ1) is 7.14. The number of carbonyl (C=O) groups excluding carboxylic acids is 1. The van der Waals surface area contributed by atoms with Crippen molar-refractivity contribution >= 4 is 5.91 Å². The molecule has 1 spiro atoms. The number of amides is 1. The molecule has 2 N–H and O–H groups in total. The van der Waals surface area contributed by atoms with Crippen LogP contribution in [0.2, 0.25) is 0 Å². The van der Waals surface area contributed by atoms with Crippen LogP contribution >= 0.6 is 0 Å². The summed E-state index contributed by atoms with van der Waals surface area (Å²) >= 11 is 0. The maximum absolute atomic E-state index is 11.9. The molecule has 0 aromatic carbocycles. The lowest BCUT2D eigenvalue weighted by Gasteiger charge is -2.11. The third-order valence-corrected chi connectivity index (χ3v) is 4.58. The molecule has 2 unspecified atom stereocenters. The van der Waals surface area contributed by atoms with E-state index in [4.69, 9.17) is 0 Å². The van der Waals surface area contributed by atoms with Crippen LogP contribution in [0.5, 0.6) is 0 Å². The largest absolute Gasteiger partial charge is 0.355 e. The van der Waals surface area contributed by atoms with Crippen LogP contribution in [0.25, 0.3) is 0 Å². The average molecular weight is 208 g/mol. The minimum absolute atomic E-state index is 0.312. The first-order valence-electron chi connectivity index (χ1n) is 6.12. The second kappa shape index (κ2) is 2.97. The SMILES string of the molecule is CC1(CNC(=O)C2CC23CCNC3)CC1.